The quantitative estimate of drug-likeness (QED) is 0.654. The van der Waals surface area contributed by atoms with Crippen LogP contribution in [0.1, 0.15) is 12.6 Å². The number of hydrogen-bond donors (Lipinski definition) is 1. The first kappa shape index (κ1) is 14.1. The first-order chi connectivity index (χ1) is 8.33. The molecule has 0 saturated heterocycles. The van der Waals surface area contributed by atoms with Crippen LogP contribution in [-0.4, -0.2) is 49.8 Å². The van der Waals surface area contributed by atoms with Crippen LogP contribution >= 0.6 is 0 Å². The standard InChI is InChI=1S/C13H23N3O/c1-3-17-11-10-16(2)9-8-14-12-13-6-4-5-7-15-13/h4-7,14H,3,8-12H2,1-2H3. The fourth-order valence-electron chi connectivity index (χ4n) is 1.47. The Morgan fingerprint density at radius 3 is 2.94 bits per heavy atom. The number of pyridine rings is 1. The average molecular weight is 237 g/mol. The Kier molecular flexibility index (Phi) is 7.54. The minimum absolute atomic E-state index is 0.797. The summed E-state index contributed by atoms with van der Waals surface area (Å²) in [5, 5.41) is 3.38. The molecule has 0 amide bonds. The van der Waals surface area contributed by atoms with E-state index in [1.165, 1.54) is 0 Å². The SMILES string of the molecule is CCOCCN(C)CCNCc1ccccn1. The van der Waals surface area contributed by atoms with Crippen molar-refractivity contribution in [3.05, 3.63) is 30.1 Å². The maximum Gasteiger partial charge on any atom is 0.0593 e. The molecule has 0 aliphatic carbocycles. The first-order valence-corrected chi connectivity index (χ1v) is 6.20. The van der Waals surface area contributed by atoms with Crippen molar-refractivity contribution < 1.29 is 4.74 Å². The van der Waals surface area contributed by atoms with Crippen molar-refractivity contribution in [1.82, 2.24) is 15.2 Å². The molecule has 1 aromatic heterocycles. The molecular formula is C13H23N3O. The van der Waals surface area contributed by atoms with Gasteiger partial charge in [-0.1, -0.05) is 6.07 Å². The van der Waals surface area contributed by atoms with Crippen molar-refractivity contribution in [3.63, 3.8) is 0 Å². The summed E-state index contributed by atoms with van der Waals surface area (Å²) in [6.07, 6.45) is 1.82. The van der Waals surface area contributed by atoms with Crippen molar-refractivity contribution in [3.8, 4) is 0 Å². The van der Waals surface area contributed by atoms with Gasteiger partial charge in [-0.05, 0) is 26.1 Å². The van der Waals surface area contributed by atoms with Crippen LogP contribution < -0.4 is 5.32 Å². The third-order valence-corrected chi connectivity index (χ3v) is 2.52. The lowest BCUT2D eigenvalue weighted by atomic mass is 10.3. The van der Waals surface area contributed by atoms with E-state index < -0.39 is 0 Å². The smallest absolute Gasteiger partial charge is 0.0593 e. The molecule has 1 heterocycles. The highest BCUT2D eigenvalue weighted by atomic mass is 16.5. The molecule has 1 N–H and O–H groups in total. The largest absolute Gasteiger partial charge is 0.380 e. The van der Waals surface area contributed by atoms with Gasteiger partial charge >= 0.3 is 0 Å². The molecule has 4 nitrogen and oxygen atoms in total. The fourth-order valence-corrected chi connectivity index (χ4v) is 1.47. The Labute approximate surface area is 104 Å². The van der Waals surface area contributed by atoms with Crippen molar-refractivity contribution in [1.29, 1.82) is 0 Å². The van der Waals surface area contributed by atoms with Gasteiger partial charge in [-0.15, -0.1) is 0 Å². The molecule has 0 spiro atoms. The van der Waals surface area contributed by atoms with Gasteiger partial charge in [-0.3, -0.25) is 4.98 Å². The third-order valence-electron chi connectivity index (χ3n) is 2.52. The van der Waals surface area contributed by atoms with E-state index in [0.29, 0.717) is 0 Å². The molecular weight excluding hydrogens is 214 g/mol. The van der Waals surface area contributed by atoms with Crippen LogP contribution in [0.2, 0.25) is 0 Å². The topological polar surface area (TPSA) is 37.4 Å². The molecule has 0 aliphatic rings. The average Bonchev–Trinajstić information content (AvgIpc) is 2.36. The molecule has 0 saturated carbocycles. The first-order valence-electron chi connectivity index (χ1n) is 6.20. The second-order valence-corrected chi connectivity index (χ2v) is 4.00. The molecule has 0 bridgehead atoms. The number of aromatic nitrogens is 1. The maximum absolute atomic E-state index is 5.31. The Hall–Kier alpha value is -0.970. The molecule has 0 atom stereocenters. The summed E-state index contributed by atoms with van der Waals surface area (Å²) >= 11 is 0. The molecule has 96 valence electrons. The van der Waals surface area contributed by atoms with Crippen molar-refractivity contribution in [2.75, 3.05) is 39.9 Å². The minimum atomic E-state index is 0.797. The van der Waals surface area contributed by atoms with Crippen LogP contribution in [-0.2, 0) is 11.3 Å². The number of ether oxygens (including phenoxy) is 1. The van der Waals surface area contributed by atoms with E-state index in [9.17, 15) is 0 Å². The summed E-state index contributed by atoms with van der Waals surface area (Å²) in [5.41, 5.74) is 1.09. The second-order valence-electron chi connectivity index (χ2n) is 4.00. The van der Waals surface area contributed by atoms with Gasteiger partial charge in [0.15, 0.2) is 0 Å². The predicted octanol–water partition coefficient (Wildman–Crippen LogP) is 1.14. The van der Waals surface area contributed by atoms with E-state index in [4.69, 9.17) is 4.74 Å². The summed E-state index contributed by atoms with van der Waals surface area (Å²) in [5.74, 6) is 0. The monoisotopic (exact) mass is 237 g/mol. The van der Waals surface area contributed by atoms with Crippen LogP contribution in [0.5, 0.6) is 0 Å². The van der Waals surface area contributed by atoms with Crippen LogP contribution in [0, 0.1) is 0 Å². The highest BCUT2D eigenvalue weighted by molar-refractivity contribution is 5.02. The van der Waals surface area contributed by atoms with Crippen molar-refractivity contribution >= 4 is 0 Å². The predicted molar refractivity (Wildman–Crippen MR) is 69.9 cm³/mol. The zero-order valence-corrected chi connectivity index (χ0v) is 10.9. The number of rotatable bonds is 9. The summed E-state index contributed by atoms with van der Waals surface area (Å²) < 4.78 is 5.31. The number of likely N-dealkylation sites (N-methyl/N-ethyl adjacent to an activating group) is 1. The van der Waals surface area contributed by atoms with Gasteiger partial charge in [0.05, 0.1) is 12.3 Å². The normalized spacial score (nSPS) is 11.0. The van der Waals surface area contributed by atoms with Gasteiger partial charge in [-0.2, -0.15) is 0 Å². The molecule has 17 heavy (non-hydrogen) atoms. The fraction of sp³-hybridized carbons (Fsp3) is 0.615. The van der Waals surface area contributed by atoms with E-state index >= 15 is 0 Å². The van der Waals surface area contributed by atoms with Crippen LogP contribution in [0.25, 0.3) is 0 Å². The molecule has 1 rings (SSSR count). The number of hydrogen-bond acceptors (Lipinski definition) is 4. The minimum Gasteiger partial charge on any atom is -0.380 e. The summed E-state index contributed by atoms with van der Waals surface area (Å²) in [4.78, 5) is 6.52. The lowest BCUT2D eigenvalue weighted by Crippen LogP contribution is -2.31. The zero-order valence-electron chi connectivity index (χ0n) is 10.9. The van der Waals surface area contributed by atoms with Crippen LogP contribution in [0.4, 0.5) is 0 Å². The maximum atomic E-state index is 5.31. The Balaban J connectivity index is 2.00. The lowest BCUT2D eigenvalue weighted by molar-refractivity contribution is 0.122. The molecule has 1 aromatic rings. The van der Waals surface area contributed by atoms with E-state index in [0.717, 1.165) is 45.1 Å². The van der Waals surface area contributed by atoms with E-state index in [1.54, 1.807) is 0 Å². The lowest BCUT2D eigenvalue weighted by Gasteiger charge is -2.16. The third kappa shape index (κ3) is 7.05. The molecule has 0 unspecified atom stereocenters. The summed E-state index contributed by atoms with van der Waals surface area (Å²) in [6.45, 7) is 7.45. The summed E-state index contributed by atoms with van der Waals surface area (Å²) in [6, 6.07) is 5.98. The van der Waals surface area contributed by atoms with E-state index in [1.807, 2.05) is 31.3 Å². The molecule has 0 aliphatic heterocycles. The van der Waals surface area contributed by atoms with Gasteiger partial charge < -0.3 is 15.0 Å². The Morgan fingerprint density at radius 1 is 1.35 bits per heavy atom. The van der Waals surface area contributed by atoms with Gasteiger partial charge in [0.25, 0.3) is 0 Å². The Morgan fingerprint density at radius 2 is 2.24 bits per heavy atom. The van der Waals surface area contributed by atoms with Crippen LogP contribution in [0.15, 0.2) is 24.4 Å². The van der Waals surface area contributed by atoms with Gasteiger partial charge in [0.1, 0.15) is 0 Å². The van der Waals surface area contributed by atoms with E-state index in [-0.39, 0.29) is 0 Å². The zero-order chi connectivity index (χ0) is 12.3. The van der Waals surface area contributed by atoms with Gasteiger partial charge in [-0.25, -0.2) is 0 Å². The highest BCUT2D eigenvalue weighted by Gasteiger charge is 1.97. The number of nitrogens with one attached hydrogen (secondary N) is 1. The van der Waals surface area contributed by atoms with Crippen molar-refractivity contribution in [2.24, 2.45) is 0 Å². The molecule has 0 fully saturated rings. The van der Waals surface area contributed by atoms with Gasteiger partial charge in [0.2, 0.25) is 0 Å². The molecule has 4 heteroatoms. The molecule has 0 radical (unpaired) electrons. The van der Waals surface area contributed by atoms with Gasteiger partial charge in [0, 0.05) is 39.0 Å². The molecule has 0 aromatic carbocycles. The van der Waals surface area contributed by atoms with E-state index in [2.05, 4.69) is 22.2 Å². The van der Waals surface area contributed by atoms with Crippen molar-refractivity contribution in [2.45, 2.75) is 13.5 Å². The second kappa shape index (κ2) is 9.10. The highest BCUT2D eigenvalue weighted by Crippen LogP contribution is 1.91. The number of nitrogens with zero attached hydrogens (tertiary/aromatic N) is 2. The summed E-state index contributed by atoms with van der Waals surface area (Å²) in [7, 11) is 2.11. The van der Waals surface area contributed by atoms with Crippen LogP contribution in [0.3, 0.4) is 0 Å². The Bertz CT molecular complexity index is 279.